The first-order chi connectivity index (χ1) is 24.1. The van der Waals surface area contributed by atoms with Gasteiger partial charge in [0.1, 0.15) is 0 Å². The third-order valence-corrected chi connectivity index (χ3v) is 11.0. The zero-order valence-corrected chi connectivity index (χ0v) is 27.7. The maximum Gasteiger partial charge on any atom is 0.0171 e. The molecule has 9 aromatic rings. The molecule has 0 heterocycles. The van der Waals surface area contributed by atoms with Crippen LogP contribution in [0.25, 0.3) is 87.6 Å². The number of benzene rings is 9. The van der Waals surface area contributed by atoms with E-state index < -0.39 is 0 Å². The van der Waals surface area contributed by atoms with Crippen molar-refractivity contribution in [3.8, 4) is 44.5 Å². The zero-order chi connectivity index (χ0) is 32.7. The standard InChI is InChI=1S/C49H34/c1-49(2)47-34-18-7-6-17-32(34)27-28-43(47)42-25-14-26-44(48(42)49)46-39-23-12-10-21-37(39)45(38-22-11-13-24-40(38)46)41-30-29-33(31-15-4-3-5-16-31)35-19-8-9-20-36(35)41/h3-30H,1-2H3. The normalized spacial score (nSPS) is 13.3. The predicted molar refractivity (Wildman–Crippen MR) is 210 cm³/mol. The molecule has 0 unspecified atom stereocenters. The molecule has 0 aliphatic heterocycles. The summed E-state index contributed by atoms with van der Waals surface area (Å²) in [5, 5.41) is 10.3. The first kappa shape index (κ1) is 28.1. The van der Waals surface area contributed by atoms with Crippen molar-refractivity contribution >= 4 is 43.1 Å². The summed E-state index contributed by atoms with van der Waals surface area (Å²) in [6, 6.07) is 63.0. The van der Waals surface area contributed by atoms with Gasteiger partial charge in [-0.15, -0.1) is 0 Å². The van der Waals surface area contributed by atoms with Crippen molar-refractivity contribution < 1.29 is 0 Å². The van der Waals surface area contributed by atoms with Gasteiger partial charge in [0.2, 0.25) is 0 Å². The summed E-state index contributed by atoms with van der Waals surface area (Å²) in [7, 11) is 0. The van der Waals surface area contributed by atoms with E-state index in [1.807, 2.05) is 0 Å². The van der Waals surface area contributed by atoms with Crippen molar-refractivity contribution in [3.05, 3.63) is 181 Å². The second-order valence-corrected chi connectivity index (χ2v) is 14.0. The molecule has 0 radical (unpaired) electrons. The Morgan fingerprint density at radius 2 is 0.735 bits per heavy atom. The van der Waals surface area contributed by atoms with E-state index in [2.05, 4.69) is 184 Å². The van der Waals surface area contributed by atoms with Gasteiger partial charge in [-0.2, -0.15) is 0 Å². The molecular formula is C49H34. The summed E-state index contributed by atoms with van der Waals surface area (Å²) < 4.78 is 0. The van der Waals surface area contributed by atoms with Gasteiger partial charge in [0.05, 0.1) is 0 Å². The first-order valence-corrected chi connectivity index (χ1v) is 17.3. The molecule has 0 bridgehead atoms. The van der Waals surface area contributed by atoms with Gasteiger partial charge >= 0.3 is 0 Å². The van der Waals surface area contributed by atoms with Crippen LogP contribution in [0.3, 0.4) is 0 Å². The van der Waals surface area contributed by atoms with Crippen LogP contribution < -0.4 is 0 Å². The van der Waals surface area contributed by atoms with Crippen molar-refractivity contribution in [2.24, 2.45) is 0 Å². The van der Waals surface area contributed by atoms with Gasteiger partial charge in [-0.05, 0) is 98.7 Å². The van der Waals surface area contributed by atoms with Gasteiger partial charge in [-0.1, -0.05) is 184 Å². The lowest BCUT2D eigenvalue weighted by molar-refractivity contribution is 0.668. The predicted octanol–water partition coefficient (Wildman–Crippen LogP) is 13.6. The second kappa shape index (κ2) is 10.5. The Bertz CT molecular complexity index is 2720. The molecule has 0 saturated carbocycles. The Morgan fingerprint density at radius 1 is 0.286 bits per heavy atom. The summed E-state index contributed by atoms with van der Waals surface area (Å²) in [6.07, 6.45) is 0. The van der Waals surface area contributed by atoms with Crippen molar-refractivity contribution in [2.75, 3.05) is 0 Å². The van der Waals surface area contributed by atoms with Crippen LogP contribution >= 0.6 is 0 Å². The topological polar surface area (TPSA) is 0 Å². The molecule has 0 amide bonds. The van der Waals surface area contributed by atoms with Crippen LogP contribution in [0.2, 0.25) is 0 Å². The minimum absolute atomic E-state index is 0.174. The number of fused-ring (bicyclic) bond motifs is 8. The fourth-order valence-electron chi connectivity index (χ4n) is 9.05. The molecular weight excluding hydrogens is 589 g/mol. The molecule has 0 heteroatoms. The van der Waals surface area contributed by atoms with Gasteiger partial charge in [-0.3, -0.25) is 0 Å². The van der Waals surface area contributed by atoms with Crippen LogP contribution in [0.4, 0.5) is 0 Å². The molecule has 0 spiro atoms. The van der Waals surface area contributed by atoms with E-state index in [9.17, 15) is 0 Å². The lowest BCUT2D eigenvalue weighted by Crippen LogP contribution is -2.17. The van der Waals surface area contributed by atoms with E-state index >= 15 is 0 Å². The summed E-state index contributed by atoms with van der Waals surface area (Å²) in [6.45, 7) is 4.85. The molecule has 1 aliphatic carbocycles. The van der Waals surface area contributed by atoms with E-state index in [0.717, 1.165) is 0 Å². The lowest BCUT2D eigenvalue weighted by atomic mass is 9.75. The Morgan fingerprint density at radius 3 is 1.39 bits per heavy atom. The molecule has 0 saturated heterocycles. The van der Waals surface area contributed by atoms with E-state index in [0.29, 0.717) is 0 Å². The maximum atomic E-state index is 2.42. The second-order valence-electron chi connectivity index (χ2n) is 14.0. The minimum Gasteiger partial charge on any atom is -0.0622 e. The van der Waals surface area contributed by atoms with Crippen molar-refractivity contribution in [1.29, 1.82) is 0 Å². The van der Waals surface area contributed by atoms with Gasteiger partial charge in [0, 0.05) is 5.41 Å². The van der Waals surface area contributed by atoms with Crippen molar-refractivity contribution in [3.63, 3.8) is 0 Å². The Balaban J connectivity index is 1.29. The minimum atomic E-state index is -0.174. The van der Waals surface area contributed by atoms with Crippen LogP contribution in [-0.2, 0) is 5.41 Å². The fraction of sp³-hybridized carbons (Fsp3) is 0.0612. The molecule has 49 heavy (non-hydrogen) atoms. The summed E-state index contributed by atoms with van der Waals surface area (Å²) in [4.78, 5) is 0. The molecule has 0 fully saturated rings. The molecule has 1 aliphatic rings. The summed E-state index contributed by atoms with van der Waals surface area (Å²) >= 11 is 0. The van der Waals surface area contributed by atoms with Crippen molar-refractivity contribution in [1.82, 2.24) is 0 Å². The van der Waals surface area contributed by atoms with Crippen LogP contribution in [0.1, 0.15) is 25.0 Å². The molecule has 0 atom stereocenters. The number of hydrogen-bond donors (Lipinski definition) is 0. The SMILES string of the molecule is CC1(C)c2c(cccc2-c2c3ccccc3c(-c3ccc(-c4ccccc4)c4ccccc34)c3ccccc23)-c2ccc3ccccc3c21. The highest BCUT2D eigenvalue weighted by Gasteiger charge is 2.39. The van der Waals surface area contributed by atoms with E-state index in [1.165, 1.54) is 98.7 Å². The molecule has 230 valence electrons. The highest BCUT2D eigenvalue weighted by molar-refractivity contribution is 6.24. The molecule has 0 nitrogen and oxygen atoms in total. The summed E-state index contributed by atoms with van der Waals surface area (Å²) in [5.74, 6) is 0. The average Bonchev–Trinajstić information content (AvgIpc) is 3.40. The van der Waals surface area contributed by atoms with E-state index in [4.69, 9.17) is 0 Å². The highest BCUT2D eigenvalue weighted by Crippen LogP contribution is 2.56. The van der Waals surface area contributed by atoms with Crippen molar-refractivity contribution in [2.45, 2.75) is 19.3 Å². The van der Waals surface area contributed by atoms with Gasteiger partial charge < -0.3 is 0 Å². The number of hydrogen-bond acceptors (Lipinski definition) is 0. The number of rotatable bonds is 3. The fourth-order valence-corrected chi connectivity index (χ4v) is 9.05. The molecule has 9 aromatic carbocycles. The van der Waals surface area contributed by atoms with Gasteiger partial charge in [-0.25, -0.2) is 0 Å². The van der Waals surface area contributed by atoms with E-state index in [-0.39, 0.29) is 5.41 Å². The van der Waals surface area contributed by atoms with Crippen LogP contribution in [0, 0.1) is 0 Å². The average molecular weight is 623 g/mol. The summed E-state index contributed by atoms with van der Waals surface area (Å²) in [5.41, 5.74) is 13.1. The van der Waals surface area contributed by atoms with E-state index in [1.54, 1.807) is 0 Å². The van der Waals surface area contributed by atoms with Crippen LogP contribution in [-0.4, -0.2) is 0 Å². The Kier molecular flexibility index (Phi) is 6.02. The third kappa shape index (κ3) is 3.98. The van der Waals surface area contributed by atoms with Crippen LogP contribution in [0.15, 0.2) is 170 Å². The van der Waals surface area contributed by atoms with Gasteiger partial charge in [0.15, 0.2) is 0 Å². The maximum absolute atomic E-state index is 2.42. The van der Waals surface area contributed by atoms with Gasteiger partial charge in [0.25, 0.3) is 0 Å². The third-order valence-electron chi connectivity index (χ3n) is 11.0. The molecule has 10 rings (SSSR count). The lowest BCUT2D eigenvalue weighted by Gasteiger charge is -2.27. The smallest absolute Gasteiger partial charge is 0.0171 e. The largest absolute Gasteiger partial charge is 0.0622 e. The molecule has 0 aromatic heterocycles. The highest BCUT2D eigenvalue weighted by atomic mass is 14.4. The quantitative estimate of drug-likeness (QED) is 0.172. The molecule has 0 N–H and O–H groups in total. The Hall–Kier alpha value is -5.98. The zero-order valence-electron chi connectivity index (χ0n) is 27.7. The van der Waals surface area contributed by atoms with Crippen LogP contribution in [0.5, 0.6) is 0 Å². The Labute approximate surface area is 286 Å². The monoisotopic (exact) mass is 622 g/mol. The first-order valence-electron chi connectivity index (χ1n) is 17.3.